The van der Waals surface area contributed by atoms with E-state index in [2.05, 4.69) is 26.1 Å². The Morgan fingerprint density at radius 2 is 0.842 bits per heavy atom. The maximum absolute atomic E-state index is 13.1. The number of carbonyl (C=O) groups is 1. The van der Waals surface area contributed by atoms with Gasteiger partial charge in [0.2, 0.25) is 5.91 Å². The average molecular weight is 540 g/mol. The van der Waals surface area contributed by atoms with Crippen LogP contribution < -0.4 is 5.32 Å². The van der Waals surface area contributed by atoms with E-state index in [0.717, 1.165) is 38.5 Å². The predicted octanol–water partition coefficient (Wildman–Crippen LogP) is 9.64. The van der Waals surface area contributed by atoms with E-state index in [0.29, 0.717) is 6.42 Å². The zero-order chi connectivity index (χ0) is 28.1. The molecule has 0 aliphatic carbocycles. The van der Waals surface area contributed by atoms with Crippen LogP contribution in [-0.2, 0) is 4.79 Å². The minimum atomic E-state index is -0.661. The van der Waals surface area contributed by atoms with Crippen LogP contribution in [0, 0.1) is 5.92 Å². The highest BCUT2D eigenvalue weighted by Gasteiger charge is 2.24. The normalized spacial score (nSPS) is 13.9. The number of hydrogen-bond acceptors (Lipinski definition) is 3. The highest BCUT2D eigenvalue weighted by atomic mass is 16.3. The number of amides is 1. The summed E-state index contributed by atoms with van der Waals surface area (Å²) in [6.07, 6.45) is 30.9. The Balaban J connectivity index is 4.16. The topological polar surface area (TPSA) is 69.6 Å². The summed E-state index contributed by atoms with van der Waals surface area (Å²) in [5, 5.41) is 23.6. The molecule has 0 aliphatic heterocycles. The lowest BCUT2D eigenvalue weighted by Gasteiger charge is -2.25. The van der Waals surface area contributed by atoms with Gasteiger partial charge in [-0.05, 0) is 19.3 Å². The molecule has 3 unspecified atom stereocenters. The van der Waals surface area contributed by atoms with Crippen LogP contribution in [0.3, 0.4) is 0 Å². The van der Waals surface area contributed by atoms with E-state index in [4.69, 9.17) is 0 Å². The maximum Gasteiger partial charge on any atom is 0.223 e. The average Bonchev–Trinajstić information content (AvgIpc) is 2.92. The molecule has 0 heterocycles. The fraction of sp³-hybridized carbons (Fsp3) is 0.971. The van der Waals surface area contributed by atoms with E-state index in [1.54, 1.807) is 0 Å². The lowest BCUT2D eigenvalue weighted by Crippen LogP contribution is -2.48. The standard InChI is InChI=1S/C34H69NO3/c1-4-7-10-13-15-16-17-18-19-20-21-23-26-29-33(37)32(30-36)35-34(38)31(27-24-12-9-6-3)28-25-22-14-11-8-5-2/h31-33,36-37H,4-30H2,1-3H3,(H,35,38). The third-order valence-electron chi connectivity index (χ3n) is 8.28. The lowest BCUT2D eigenvalue weighted by molar-refractivity contribution is -0.127. The van der Waals surface area contributed by atoms with Crippen molar-refractivity contribution in [2.24, 2.45) is 5.92 Å². The smallest absolute Gasteiger partial charge is 0.223 e. The molecule has 0 aromatic rings. The first-order chi connectivity index (χ1) is 18.6. The molecule has 0 saturated carbocycles. The SMILES string of the molecule is CCCCCCCCCCCCCCCC(O)C(CO)NC(=O)C(CCCCCC)CCCCCCCC. The van der Waals surface area contributed by atoms with Crippen LogP contribution in [0.2, 0.25) is 0 Å². The van der Waals surface area contributed by atoms with Gasteiger partial charge in [-0.1, -0.05) is 168 Å². The Bertz CT molecular complexity index is 484. The summed E-state index contributed by atoms with van der Waals surface area (Å²) >= 11 is 0. The van der Waals surface area contributed by atoms with Crippen LogP contribution >= 0.6 is 0 Å². The Hall–Kier alpha value is -0.610. The second kappa shape index (κ2) is 29.4. The van der Waals surface area contributed by atoms with E-state index < -0.39 is 12.1 Å². The molecule has 0 saturated heterocycles. The molecule has 38 heavy (non-hydrogen) atoms. The summed E-state index contributed by atoms with van der Waals surface area (Å²) in [5.74, 6) is 0.0501. The fourth-order valence-corrected chi connectivity index (χ4v) is 5.53. The number of carbonyl (C=O) groups excluding carboxylic acids is 1. The van der Waals surface area contributed by atoms with Gasteiger partial charge in [0.25, 0.3) is 0 Å². The summed E-state index contributed by atoms with van der Waals surface area (Å²) in [6.45, 7) is 6.53. The van der Waals surface area contributed by atoms with E-state index in [1.165, 1.54) is 122 Å². The molecule has 0 radical (unpaired) electrons. The Morgan fingerprint density at radius 3 is 1.21 bits per heavy atom. The minimum Gasteiger partial charge on any atom is -0.394 e. The van der Waals surface area contributed by atoms with Gasteiger partial charge in [0.1, 0.15) is 0 Å². The molecular weight excluding hydrogens is 470 g/mol. The summed E-state index contributed by atoms with van der Waals surface area (Å²) in [5.41, 5.74) is 0. The first kappa shape index (κ1) is 37.4. The van der Waals surface area contributed by atoms with Crippen molar-refractivity contribution in [3.05, 3.63) is 0 Å². The van der Waals surface area contributed by atoms with Gasteiger partial charge in [0, 0.05) is 5.92 Å². The van der Waals surface area contributed by atoms with Crippen LogP contribution in [0.25, 0.3) is 0 Å². The summed E-state index contributed by atoms with van der Waals surface area (Å²) < 4.78 is 0. The third-order valence-corrected chi connectivity index (χ3v) is 8.28. The summed E-state index contributed by atoms with van der Waals surface area (Å²) in [6, 6.07) is -0.539. The van der Waals surface area contributed by atoms with Gasteiger partial charge in [0.05, 0.1) is 18.8 Å². The fourth-order valence-electron chi connectivity index (χ4n) is 5.53. The highest BCUT2D eigenvalue weighted by Crippen LogP contribution is 2.20. The predicted molar refractivity (Wildman–Crippen MR) is 166 cm³/mol. The number of nitrogens with one attached hydrogen (secondary N) is 1. The first-order valence-electron chi connectivity index (χ1n) is 17.2. The second-order valence-corrected chi connectivity index (χ2v) is 12.0. The molecule has 0 aromatic heterocycles. The van der Waals surface area contributed by atoms with Crippen LogP contribution in [0.15, 0.2) is 0 Å². The largest absolute Gasteiger partial charge is 0.394 e. The molecule has 0 rings (SSSR count). The van der Waals surface area contributed by atoms with E-state index in [1.807, 2.05) is 0 Å². The van der Waals surface area contributed by atoms with Crippen LogP contribution in [0.1, 0.15) is 188 Å². The molecule has 3 N–H and O–H groups in total. The first-order valence-corrected chi connectivity index (χ1v) is 17.2. The molecule has 4 heteroatoms. The van der Waals surface area contributed by atoms with Crippen LogP contribution in [0.4, 0.5) is 0 Å². The van der Waals surface area contributed by atoms with Crippen molar-refractivity contribution in [2.75, 3.05) is 6.61 Å². The quantitative estimate of drug-likeness (QED) is 0.0796. The Labute approximate surface area is 238 Å². The van der Waals surface area contributed by atoms with Gasteiger partial charge in [0.15, 0.2) is 0 Å². The molecule has 0 aromatic carbocycles. The van der Waals surface area contributed by atoms with Gasteiger partial charge < -0.3 is 15.5 Å². The van der Waals surface area contributed by atoms with Gasteiger partial charge in [-0.25, -0.2) is 0 Å². The molecule has 228 valence electrons. The number of aliphatic hydroxyl groups excluding tert-OH is 2. The maximum atomic E-state index is 13.1. The van der Waals surface area contributed by atoms with Crippen molar-refractivity contribution >= 4 is 5.91 Å². The molecule has 0 fully saturated rings. The van der Waals surface area contributed by atoms with E-state index in [-0.39, 0.29) is 18.4 Å². The monoisotopic (exact) mass is 540 g/mol. The molecule has 0 aliphatic rings. The zero-order valence-corrected chi connectivity index (χ0v) is 26.1. The molecule has 0 bridgehead atoms. The van der Waals surface area contributed by atoms with Gasteiger partial charge >= 0.3 is 0 Å². The molecule has 3 atom stereocenters. The van der Waals surface area contributed by atoms with Gasteiger partial charge in [-0.3, -0.25) is 4.79 Å². The number of hydrogen-bond donors (Lipinski definition) is 3. The number of unbranched alkanes of at least 4 members (excludes halogenated alkanes) is 20. The summed E-state index contributed by atoms with van der Waals surface area (Å²) in [7, 11) is 0. The van der Waals surface area contributed by atoms with E-state index in [9.17, 15) is 15.0 Å². The van der Waals surface area contributed by atoms with Crippen molar-refractivity contribution in [1.29, 1.82) is 0 Å². The van der Waals surface area contributed by atoms with Gasteiger partial charge in [-0.2, -0.15) is 0 Å². The van der Waals surface area contributed by atoms with Crippen molar-refractivity contribution < 1.29 is 15.0 Å². The van der Waals surface area contributed by atoms with Gasteiger partial charge in [-0.15, -0.1) is 0 Å². The van der Waals surface area contributed by atoms with Crippen molar-refractivity contribution in [2.45, 2.75) is 200 Å². The third kappa shape index (κ3) is 23.3. The molecule has 1 amide bonds. The Kier molecular flexibility index (Phi) is 28.9. The molecular formula is C34H69NO3. The van der Waals surface area contributed by atoms with E-state index >= 15 is 0 Å². The molecule has 4 nitrogen and oxygen atoms in total. The highest BCUT2D eigenvalue weighted by molar-refractivity contribution is 5.79. The summed E-state index contributed by atoms with van der Waals surface area (Å²) in [4.78, 5) is 13.1. The second-order valence-electron chi connectivity index (χ2n) is 12.0. The molecule has 0 spiro atoms. The number of rotatable bonds is 30. The van der Waals surface area contributed by atoms with Crippen molar-refractivity contribution in [3.8, 4) is 0 Å². The van der Waals surface area contributed by atoms with Crippen molar-refractivity contribution in [3.63, 3.8) is 0 Å². The van der Waals surface area contributed by atoms with Crippen LogP contribution in [-0.4, -0.2) is 34.9 Å². The minimum absolute atomic E-state index is 0.00984. The Morgan fingerprint density at radius 1 is 0.526 bits per heavy atom. The zero-order valence-electron chi connectivity index (χ0n) is 26.1. The lowest BCUT2D eigenvalue weighted by atomic mass is 9.92. The van der Waals surface area contributed by atoms with Crippen LogP contribution in [0.5, 0.6) is 0 Å². The van der Waals surface area contributed by atoms with Crippen molar-refractivity contribution in [1.82, 2.24) is 5.32 Å². The number of aliphatic hydroxyl groups is 2.